The van der Waals surface area contributed by atoms with Gasteiger partial charge in [-0.2, -0.15) is 0 Å². The zero-order chi connectivity index (χ0) is 8.85. The van der Waals surface area contributed by atoms with Crippen LogP contribution in [0.1, 0.15) is 6.42 Å². The third-order valence-corrected chi connectivity index (χ3v) is 1.12. The lowest BCUT2D eigenvalue weighted by molar-refractivity contribution is -0.119. The number of urea groups is 1. The molecule has 0 heterocycles. The second-order valence-electron chi connectivity index (χ2n) is 2.09. The summed E-state index contributed by atoms with van der Waals surface area (Å²) in [6.45, 7) is 0.263. The van der Waals surface area contributed by atoms with Crippen LogP contribution in [0.25, 0.3) is 0 Å². The Bertz CT molecular complexity index is 159. The highest BCUT2D eigenvalue weighted by Crippen LogP contribution is 1.83. The van der Waals surface area contributed by atoms with Gasteiger partial charge in [0.05, 0.1) is 6.04 Å². The second-order valence-corrected chi connectivity index (χ2v) is 2.09. The lowest BCUT2D eigenvalue weighted by Gasteiger charge is -2.06. The Morgan fingerprint density at radius 1 is 1.36 bits per heavy atom. The van der Waals surface area contributed by atoms with E-state index in [4.69, 9.17) is 17.2 Å². The van der Waals surface area contributed by atoms with Gasteiger partial charge in [0.15, 0.2) is 0 Å². The van der Waals surface area contributed by atoms with Gasteiger partial charge in [-0.05, 0) is 6.42 Å². The van der Waals surface area contributed by atoms with Crippen molar-refractivity contribution in [1.29, 1.82) is 0 Å². The molecule has 0 rings (SSSR count). The van der Waals surface area contributed by atoms with E-state index in [2.05, 4.69) is 5.32 Å². The number of amides is 3. The van der Waals surface area contributed by atoms with E-state index in [1.54, 1.807) is 0 Å². The van der Waals surface area contributed by atoms with Crippen molar-refractivity contribution in [3.8, 4) is 0 Å². The summed E-state index contributed by atoms with van der Waals surface area (Å²) in [5.41, 5.74) is 14.8. The van der Waals surface area contributed by atoms with Crippen molar-refractivity contribution in [2.24, 2.45) is 17.2 Å². The molecule has 0 aromatic rings. The number of carbonyl (C=O) groups excluding carboxylic acids is 2. The van der Waals surface area contributed by atoms with Crippen molar-refractivity contribution < 1.29 is 9.59 Å². The molecule has 0 aromatic heterocycles. The normalized spacial score (nSPS) is 12.1. The molecule has 0 spiro atoms. The highest BCUT2D eigenvalue weighted by Gasteiger charge is 2.07. The molecule has 0 aliphatic carbocycles. The third kappa shape index (κ3) is 5.16. The first-order valence-corrected chi connectivity index (χ1v) is 3.12. The van der Waals surface area contributed by atoms with E-state index in [-0.39, 0.29) is 6.54 Å². The Morgan fingerprint density at radius 2 is 1.91 bits per heavy atom. The minimum absolute atomic E-state index is 0.263. The van der Waals surface area contributed by atoms with Gasteiger partial charge in [-0.25, -0.2) is 4.79 Å². The van der Waals surface area contributed by atoms with E-state index >= 15 is 0 Å². The lowest BCUT2D eigenvalue weighted by atomic mass is 10.2. The van der Waals surface area contributed by atoms with E-state index in [0.717, 1.165) is 0 Å². The topological polar surface area (TPSA) is 124 Å². The highest BCUT2D eigenvalue weighted by atomic mass is 16.2. The predicted molar refractivity (Wildman–Crippen MR) is 39.4 cm³/mol. The fourth-order valence-electron chi connectivity index (χ4n) is 0.493. The Hall–Kier alpha value is -1.30. The summed E-state index contributed by atoms with van der Waals surface area (Å²) in [4.78, 5) is 20.4. The quantitative estimate of drug-likeness (QED) is 0.375. The van der Waals surface area contributed by atoms with Crippen LogP contribution < -0.4 is 22.5 Å². The summed E-state index contributed by atoms with van der Waals surface area (Å²) in [5.74, 6) is -0.587. The Labute approximate surface area is 64.1 Å². The Balaban J connectivity index is 3.39. The van der Waals surface area contributed by atoms with Gasteiger partial charge in [0.2, 0.25) is 5.91 Å². The minimum atomic E-state index is -0.721. The molecule has 0 aliphatic rings. The first-order chi connectivity index (χ1) is 5.04. The average molecular weight is 160 g/mol. The first kappa shape index (κ1) is 9.70. The number of nitrogens with two attached hydrogens (primary N) is 3. The molecule has 0 saturated carbocycles. The third-order valence-electron chi connectivity index (χ3n) is 1.12. The van der Waals surface area contributed by atoms with Crippen molar-refractivity contribution >= 4 is 11.9 Å². The Kier molecular flexibility index (Phi) is 3.97. The number of hydrogen-bond acceptors (Lipinski definition) is 3. The summed E-state index contributed by atoms with van der Waals surface area (Å²) in [5, 5.41) is 2.28. The van der Waals surface area contributed by atoms with E-state index in [9.17, 15) is 9.59 Å². The molecule has 0 radical (unpaired) electrons. The van der Waals surface area contributed by atoms with Gasteiger partial charge < -0.3 is 22.5 Å². The van der Waals surface area contributed by atoms with E-state index in [1.165, 1.54) is 0 Å². The zero-order valence-electron chi connectivity index (χ0n) is 6.04. The maximum absolute atomic E-state index is 10.3. The number of carbonyl (C=O) groups is 2. The van der Waals surface area contributed by atoms with Crippen molar-refractivity contribution in [2.45, 2.75) is 12.5 Å². The molecule has 1 atom stereocenters. The zero-order valence-corrected chi connectivity index (χ0v) is 6.04. The SMILES string of the molecule is NC(=O)NCCC(N)C(N)=O. The molecule has 0 saturated heterocycles. The van der Waals surface area contributed by atoms with Crippen LogP contribution in [0.5, 0.6) is 0 Å². The van der Waals surface area contributed by atoms with Crippen LogP contribution in [0.3, 0.4) is 0 Å². The molecule has 0 fully saturated rings. The van der Waals surface area contributed by atoms with Crippen LogP contribution in [-0.4, -0.2) is 24.5 Å². The van der Waals surface area contributed by atoms with Crippen LogP contribution >= 0.6 is 0 Å². The van der Waals surface area contributed by atoms with Crippen LogP contribution in [0.2, 0.25) is 0 Å². The molecule has 6 heteroatoms. The largest absolute Gasteiger partial charge is 0.368 e. The van der Waals surface area contributed by atoms with E-state index in [0.29, 0.717) is 6.42 Å². The summed E-state index contributed by atoms with van der Waals surface area (Å²) >= 11 is 0. The van der Waals surface area contributed by atoms with Crippen molar-refractivity contribution in [3.05, 3.63) is 0 Å². The molecule has 0 aliphatic heterocycles. The lowest BCUT2D eigenvalue weighted by Crippen LogP contribution is -2.40. The standard InChI is InChI=1S/C5H12N4O2/c6-3(4(7)10)1-2-9-5(8)11/h3H,1-2,6H2,(H2,7,10)(H3,8,9,11). The van der Waals surface area contributed by atoms with Gasteiger partial charge in [-0.1, -0.05) is 0 Å². The molecule has 0 aromatic carbocycles. The molecule has 7 N–H and O–H groups in total. The van der Waals surface area contributed by atoms with Crippen LogP contribution in [0, 0.1) is 0 Å². The minimum Gasteiger partial charge on any atom is -0.368 e. The molecular formula is C5H12N4O2. The second kappa shape index (κ2) is 4.51. The van der Waals surface area contributed by atoms with Gasteiger partial charge in [-0.15, -0.1) is 0 Å². The fourth-order valence-corrected chi connectivity index (χ4v) is 0.493. The van der Waals surface area contributed by atoms with E-state index in [1.807, 2.05) is 0 Å². The number of rotatable bonds is 4. The van der Waals surface area contributed by atoms with Gasteiger partial charge in [0.1, 0.15) is 0 Å². The monoisotopic (exact) mass is 160 g/mol. The summed E-state index contributed by atoms with van der Waals surface area (Å²) in [6, 6.07) is -1.36. The maximum Gasteiger partial charge on any atom is 0.312 e. The predicted octanol–water partition coefficient (Wildman–Crippen LogP) is -2.14. The Morgan fingerprint density at radius 3 is 2.27 bits per heavy atom. The molecule has 11 heavy (non-hydrogen) atoms. The summed E-state index contributed by atoms with van der Waals surface area (Å²) in [6.07, 6.45) is 0.304. The van der Waals surface area contributed by atoms with Gasteiger partial charge in [-0.3, -0.25) is 4.79 Å². The maximum atomic E-state index is 10.3. The first-order valence-electron chi connectivity index (χ1n) is 3.12. The number of primary amides is 2. The van der Waals surface area contributed by atoms with Crippen molar-refractivity contribution in [1.82, 2.24) is 5.32 Å². The average Bonchev–Trinajstić information content (AvgIpc) is 1.86. The van der Waals surface area contributed by atoms with Crippen LogP contribution in [-0.2, 0) is 4.79 Å². The molecule has 64 valence electrons. The van der Waals surface area contributed by atoms with Crippen molar-refractivity contribution in [2.75, 3.05) is 6.54 Å². The molecule has 6 nitrogen and oxygen atoms in total. The summed E-state index contributed by atoms with van der Waals surface area (Å²) < 4.78 is 0. The smallest absolute Gasteiger partial charge is 0.312 e. The fraction of sp³-hybridized carbons (Fsp3) is 0.600. The molecular weight excluding hydrogens is 148 g/mol. The van der Waals surface area contributed by atoms with Crippen molar-refractivity contribution in [3.63, 3.8) is 0 Å². The molecule has 1 unspecified atom stereocenters. The molecule has 3 amide bonds. The van der Waals surface area contributed by atoms with Crippen LogP contribution in [0.4, 0.5) is 4.79 Å². The van der Waals surface area contributed by atoms with Gasteiger partial charge in [0, 0.05) is 6.54 Å². The number of nitrogens with one attached hydrogen (secondary N) is 1. The summed E-state index contributed by atoms with van der Waals surface area (Å²) in [7, 11) is 0. The van der Waals surface area contributed by atoms with E-state index < -0.39 is 18.0 Å². The van der Waals surface area contributed by atoms with Gasteiger partial charge in [0.25, 0.3) is 0 Å². The van der Waals surface area contributed by atoms with Crippen LogP contribution in [0.15, 0.2) is 0 Å². The number of hydrogen-bond donors (Lipinski definition) is 4. The van der Waals surface area contributed by atoms with Gasteiger partial charge >= 0.3 is 6.03 Å². The molecule has 0 bridgehead atoms. The highest BCUT2D eigenvalue weighted by molar-refractivity contribution is 5.79.